The monoisotopic (exact) mass is 205 g/mol. The number of hydrogen-bond donors (Lipinski definition) is 1. The van der Waals surface area contributed by atoms with Crippen molar-refractivity contribution >= 4 is 6.08 Å². The first-order chi connectivity index (χ1) is 7.24. The molecule has 0 amide bonds. The molecule has 1 aliphatic heterocycles. The van der Waals surface area contributed by atoms with Crippen molar-refractivity contribution in [1.29, 1.82) is 0 Å². The van der Waals surface area contributed by atoms with Crippen molar-refractivity contribution in [1.82, 2.24) is 15.1 Å². The minimum Gasteiger partial charge on any atom is -0.308 e. The number of nitrogens with one attached hydrogen (secondary N) is 1. The fourth-order valence-corrected chi connectivity index (χ4v) is 2.08. The van der Waals surface area contributed by atoms with Gasteiger partial charge in [0, 0.05) is 30.9 Å². The number of piperidine rings is 1. The van der Waals surface area contributed by atoms with Crippen molar-refractivity contribution in [3.8, 4) is 0 Å². The second-order valence-corrected chi connectivity index (χ2v) is 4.41. The van der Waals surface area contributed by atoms with E-state index in [0.717, 1.165) is 0 Å². The zero-order valence-corrected chi connectivity index (χ0v) is 9.48. The Morgan fingerprint density at radius 2 is 2.40 bits per heavy atom. The minimum atomic E-state index is 0.536. The van der Waals surface area contributed by atoms with Crippen LogP contribution in [0.3, 0.4) is 0 Å². The third-order valence-electron chi connectivity index (χ3n) is 2.90. The van der Waals surface area contributed by atoms with E-state index in [1.165, 1.54) is 24.8 Å². The SMILES string of the molecule is CC1CCCC(/C=C/c2cnn(C)c2)N1. The lowest BCUT2D eigenvalue weighted by Crippen LogP contribution is -2.39. The molecule has 2 heterocycles. The molecule has 3 heteroatoms. The zero-order valence-electron chi connectivity index (χ0n) is 9.48. The Labute approximate surface area is 91.2 Å². The minimum absolute atomic E-state index is 0.536. The van der Waals surface area contributed by atoms with E-state index < -0.39 is 0 Å². The summed E-state index contributed by atoms with van der Waals surface area (Å²) in [5.41, 5.74) is 1.18. The van der Waals surface area contributed by atoms with Crippen molar-refractivity contribution in [3.63, 3.8) is 0 Å². The molecule has 82 valence electrons. The van der Waals surface area contributed by atoms with Crippen LogP contribution in [0.4, 0.5) is 0 Å². The number of rotatable bonds is 2. The zero-order chi connectivity index (χ0) is 10.7. The molecule has 0 saturated carbocycles. The van der Waals surface area contributed by atoms with E-state index in [2.05, 4.69) is 29.5 Å². The third kappa shape index (κ3) is 2.93. The van der Waals surface area contributed by atoms with Gasteiger partial charge >= 0.3 is 0 Å². The van der Waals surface area contributed by atoms with Crippen molar-refractivity contribution in [2.45, 2.75) is 38.3 Å². The van der Waals surface area contributed by atoms with Gasteiger partial charge in [-0.1, -0.05) is 18.6 Å². The Morgan fingerprint density at radius 3 is 3.07 bits per heavy atom. The predicted molar refractivity (Wildman–Crippen MR) is 62.5 cm³/mol. The first-order valence-corrected chi connectivity index (χ1v) is 5.67. The van der Waals surface area contributed by atoms with Gasteiger partial charge in [0.1, 0.15) is 0 Å². The summed E-state index contributed by atoms with van der Waals surface area (Å²) in [7, 11) is 1.94. The first kappa shape index (κ1) is 10.4. The topological polar surface area (TPSA) is 29.9 Å². The van der Waals surface area contributed by atoms with Gasteiger partial charge in [-0.15, -0.1) is 0 Å². The fraction of sp³-hybridized carbons (Fsp3) is 0.583. The molecule has 1 aliphatic rings. The Morgan fingerprint density at radius 1 is 1.53 bits per heavy atom. The largest absolute Gasteiger partial charge is 0.308 e. The summed E-state index contributed by atoms with van der Waals surface area (Å²) >= 11 is 0. The van der Waals surface area contributed by atoms with Crippen LogP contribution >= 0.6 is 0 Å². The number of nitrogens with zero attached hydrogens (tertiary/aromatic N) is 2. The molecule has 0 aliphatic carbocycles. The maximum Gasteiger partial charge on any atom is 0.0562 e. The van der Waals surface area contributed by atoms with E-state index in [1.807, 2.05) is 24.1 Å². The highest BCUT2D eigenvalue weighted by molar-refractivity contribution is 5.47. The highest BCUT2D eigenvalue weighted by Gasteiger charge is 2.14. The first-order valence-electron chi connectivity index (χ1n) is 5.67. The van der Waals surface area contributed by atoms with Crippen LogP contribution in [-0.2, 0) is 7.05 Å². The lowest BCUT2D eigenvalue weighted by Gasteiger charge is -2.26. The summed E-state index contributed by atoms with van der Waals surface area (Å²) in [4.78, 5) is 0. The van der Waals surface area contributed by atoms with Crippen molar-refractivity contribution in [2.24, 2.45) is 7.05 Å². The quantitative estimate of drug-likeness (QED) is 0.800. The molecular weight excluding hydrogens is 186 g/mol. The molecule has 1 aromatic heterocycles. The summed E-state index contributed by atoms with van der Waals surface area (Å²) in [6.07, 6.45) is 12.2. The maximum absolute atomic E-state index is 4.14. The molecule has 1 aromatic rings. The standard InChI is InChI=1S/C12H19N3/c1-10-4-3-5-12(14-10)7-6-11-8-13-15(2)9-11/h6-10,12,14H,3-5H2,1-2H3/b7-6+. The van der Waals surface area contributed by atoms with Gasteiger partial charge in [0.25, 0.3) is 0 Å². The van der Waals surface area contributed by atoms with Crippen LogP contribution < -0.4 is 5.32 Å². The molecule has 0 aromatic carbocycles. The van der Waals surface area contributed by atoms with Crippen molar-refractivity contribution in [2.75, 3.05) is 0 Å². The highest BCUT2D eigenvalue weighted by atomic mass is 15.2. The molecular formula is C12H19N3. The molecule has 0 bridgehead atoms. The second-order valence-electron chi connectivity index (χ2n) is 4.41. The molecule has 2 unspecified atom stereocenters. The Kier molecular flexibility index (Phi) is 3.21. The van der Waals surface area contributed by atoms with Gasteiger partial charge in [0.2, 0.25) is 0 Å². The van der Waals surface area contributed by atoms with Crippen LogP contribution in [0.25, 0.3) is 6.08 Å². The van der Waals surface area contributed by atoms with E-state index in [9.17, 15) is 0 Å². The van der Waals surface area contributed by atoms with E-state index in [-0.39, 0.29) is 0 Å². The summed E-state index contributed by atoms with van der Waals surface area (Å²) in [6.45, 7) is 2.25. The molecule has 1 N–H and O–H groups in total. The Balaban J connectivity index is 1.93. The van der Waals surface area contributed by atoms with Crippen molar-refractivity contribution in [3.05, 3.63) is 24.0 Å². The van der Waals surface area contributed by atoms with Gasteiger partial charge in [-0.25, -0.2) is 0 Å². The van der Waals surface area contributed by atoms with Gasteiger partial charge in [-0.2, -0.15) is 5.10 Å². The Bertz CT molecular complexity index is 340. The van der Waals surface area contributed by atoms with Crippen LogP contribution in [0.2, 0.25) is 0 Å². The number of hydrogen-bond acceptors (Lipinski definition) is 2. The van der Waals surface area contributed by atoms with Crippen LogP contribution in [-0.4, -0.2) is 21.9 Å². The second kappa shape index (κ2) is 4.62. The van der Waals surface area contributed by atoms with E-state index in [1.54, 1.807) is 0 Å². The van der Waals surface area contributed by atoms with Crippen LogP contribution in [0.5, 0.6) is 0 Å². The third-order valence-corrected chi connectivity index (χ3v) is 2.90. The normalized spacial score (nSPS) is 27.3. The lowest BCUT2D eigenvalue weighted by molar-refractivity contribution is 0.375. The molecule has 0 spiro atoms. The summed E-state index contributed by atoms with van der Waals surface area (Å²) in [5, 5.41) is 7.72. The average molecular weight is 205 g/mol. The van der Waals surface area contributed by atoms with Gasteiger partial charge in [0.05, 0.1) is 6.20 Å². The van der Waals surface area contributed by atoms with Gasteiger partial charge in [-0.05, 0) is 19.8 Å². The van der Waals surface area contributed by atoms with Gasteiger partial charge in [0.15, 0.2) is 0 Å². The van der Waals surface area contributed by atoms with Crippen LogP contribution in [0, 0.1) is 0 Å². The Hall–Kier alpha value is -1.09. The summed E-state index contributed by atoms with van der Waals surface area (Å²) < 4.78 is 1.83. The molecule has 3 nitrogen and oxygen atoms in total. The maximum atomic E-state index is 4.14. The lowest BCUT2D eigenvalue weighted by atomic mass is 9.99. The highest BCUT2D eigenvalue weighted by Crippen LogP contribution is 2.14. The molecule has 2 rings (SSSR count). The van der Waals surface area contributed by atoms with Crippen molar-refractivity contribution < 1.29 is 0 Å². The van der Waals surface area contributed by atoms with E-state index in [0.29, 0.717) is 12.1 Å². The summed E-state index contributed by atoms with van der Waals surface area (Å²) in [5.74, 6) is 0. The number of aryl methyl sites for hydroxylation is 1. The molecule has 0 radical (unpaired) electrons. The molecule has 1 fully saturated rings. The smallest absolute Gasteiger partial charge is 0.0562 e. The molecule has 2 atom stereocenters. The van der Waals surface area contributed by atoms with Gasteiger partial charge < -0.3 is 5.32 Å². The molecule has 1 saturated heterocycles. The van der Waals surface area contributed by atoms with E-state index in [4.69, 9.17) is 0 Å². The predicted octanol–water partition coefficient (Wildman–Crippen LogP) is 1.96. The fourth-order valence-electron chi connectivity index (χ4n) is 2.08. The van der Waals surface area contributed by atoms with Crippen LogP contribution in [0.15, 0.2) is 18.5 Å². The summed E-state index contributed by atoms with van der Waals surface area (Å²) in [6, 6.07) is 1.19. The molecule has 15 heavy (non-hydrogen) atoms. The van der Waals surface area contributed by atoms with Gasteiger partial charge in [-0.3, -0.25) is 4.68 Å². The van der Waals surface area contributed by atoms with E-state index >= 15 is 0 Å². The number of aromatic nitrogens is 2. The van der Waals surface area contributed by atoms with Crippen LogP contribution in [0.1, 0.15) is 31.7 Å². The average Bonchev–Trinajstić information content (AvgIpc) is 2.62.